The summed E-state index contributed by atoms with van der Waals surface area (Å²) in [6, 6.07) is 7.35. The van der Waals surface area contributed by atoms with E-state index in [2.05, 4.69) is 64.1 Å². The average Bonchev–Trinajstić information content (AvgIpc) is 3.59. The predicted octanol–water partition coefficient (Wildman–Crippen LogP) is 7.76. The number of aliphatic imine (C=N–C) groups is 1. The molecule has 2 fully saturated rings. The van der Waals surface area contributed by atoms with E-state index in [1.165, 1.54) is 0 Å². The number of piperidine rings is 1. The first-order chi connectivity index (χ1) is 25.4. The fourth-order valence-corrected chi connectivity index (χ4v) is 8.88. The van der Waals surface area contributed by atoms with Crippen molar-refractivity contribution in [2.24, 2.45) is 27.7 Å². The van der Waals surface area contributed by atoms with Crippen molar-refractivity contribution in [1.82, 2.24) is 9.47 Å². The highest BCUT2D eigenvalue weighted by molar-refractivity contribution is 14.1. The number of cyclic esters (lactones) is 1. The summed E-state index contributed by atoms with van der Waals surface area (Å²) in [6.07, 6.45) is 5.93. The van der Waals surface area contributed by atoms with Crippen LogP contribution in [0, 0.1) is 22.7 Å². The molecule has 1 aliphatic carbocycles. The number of fused-ring (bicyclic) bond motifs is 5. The normalized spacial score (nSPS) is 26.8. The molecule has 1 amide bonds. The van der Waals surface area contributed by atoms with Crippen LogP contribution in [0.25, 0.3) is 0 Å². The Morgan fingerprint density at radius 3 is 2.48 bits per heavy atom. The minimum absolute atomic E-state index is 0.0290. The fraction of sp³-hybridized carbons (Fsp3) is 0.667. The number of carbonyl (C=O) groups is 2. The Bertz CT molecular complexity index is 1890. The van der Waals surface area contributed by atoms with E-state index in [4.69, 9.17) is 23.9 Å². The van der Waals surface area contributed by atoms with Gasteiger partial charge < -0.3 is 33.5 Å². The van der Waals surface area contributed by atoms with E-state index >= 15 is 0 Å². The van der Waals surface area contributed by atoms with Crippen molar-refractivity contribution in [1.29, 1.82) is 0 Å². The summed E-state index contributed by atoms with van der Waals surface area (Å²) in [6.45, 7) is 17.7. The molecule has 0 radical (unpaired) electrons. The predicted molar refractivity (Wildman–Crippen MR) is 214 cm³/mol. The molecule has 4 unspecified atom stereocenters. The van der Waals surface area contributed by atoms with Gasteiger partial charge in [0.1, 0.15) is 16.0 Å². The van der Waals surface area contributed by atoms with Crippen LogP contribution in [0.5, 0.6) is 5.75 Å². The van der Waals surface area contributed by atoms with E-state index in [0.717, 1.165) is 55.5 Å². The van der Waals surface area contributed by atoms with Crippen molar-refractivity contribution in [2.45, 2.75) is 128 Å². The summed E-state index contributed by atoms with van der Waals surface area (Å²) in [5.74, 6) is 0.226. The number of benzene rings is 1. The molecule has 0 bridgehead atoms. The monoisotopic (exact) mass is 857 g/mol. The van der Waals surface area contributed by atoms with Gasteiger partial charge in [-0.05, 0) is 128 Å². The second-order valence-electron chi connectivity index (χ2n) is 17.8. The molecular weight excluding hydrogens is 801 g/mol. The van der Waals surface area contributed by atoms with Crippen LogP contribution in [0.1, 0.15) is 122 Å². The second-order valence-corrected chi connectivity index (χ2v) is 20.4. The highest BCUT2D eigenvalue weighted by atomic mass is 127. The van der Waals surface area contributed by atoms with Gasteiger partial charge in [-0.25, -0.2) is 9.59 Å². The Morgan fingerprint density at radius 1 is 1.11 bits per heavy atom. The van der Waals surface area contributed by atoms with Crippen molar-refractivity contribution < 1.29 is 33.6 Å². The molecule has 294 valence electrons. The zero-order valence-electron chi connectivity index (χ0n) is 32.8. The molecule has 7 rings (SSSR count). The number of rotatable bonds is 12. The lowest BCUT2D eigenvalue weighted by atomic mass is 9.78. The van der Waals surface area contributed by atoms with Gasteiger partial charge in [-0.1, -0.05) is 34.6 Å². The number of halogens is 1. The van der Waals surface area contributed by atoms with Crippen molar-refractivity contribution in [3.05, 3.63) is 57.0 Å². The summed E-state index contributed by atoms with van der Waals surface area (Å²) in [7, 11) is 0. The maximum absolute atomic E-state index is 13.7. The molecule has 12 heteroatoms. The highest BCUT2D eigenvalue weighted by Gasteiger charge is 2.49. The van der Waals surface area contributed by atoms with E-state index in [-0.39, 0.29) is 51.0 Å². The van der Waals surface area contributed by atoms with Gasteiger partial charge in [0.2, 0.25) is 0 Å². The number of likely N-dealkylation sites (tertiary alicyclic amines) is 1. The number of hydrogen-bond donors (Lipinski definition) is 1. The number of aromatic nitrogens is 1. The SMILES string of the molecule is CCC1c2cc(OC(=O)N3CCC(CCC(C)(COC4CC4(C)C)COC(C)(C)I)CC3)ccc2N=C2c3cc4c(c(=O)n3CC21)COC(=O)[C@@]4(O)CC. The fourth-order valence-electron chi connectivity index (χ4n) is 8.73. The third-order valence-corrected chi connectivity index (χ3v) is 13.0. The van der Waals surface area contributed by atoms with Gasteiger partial charge in [0.15, 0.2) is 5.60 Å². The molecule has 5 aliphatic rings. The molecule has 5 atom stereocenters. The molecule has 1 saturated carbocycles. The third-order valence-electron chi connectivity index (χ3n) is 12.7. The van der Waals surface area contributed by atoms with Crippen molar-refractivity contribution in [2.75, 3.05) is 26.3 Å². The highest BCUT2D eigenvalue weighted by Crippen LogP contribution is 2.49. The van der Waals surface area contributed by atoms with Crippen LogP contribution in [0.15, 0.2) is 34.1 Å². The number of alkyl halides is 1. The Hall–Kier alpha value is -2.81. The summed E-state index contributed by atoms with van der Waals surface area (Å²) >= 11 is 2.34. The van der Waals surface area contributed by atoms with Crippen LogP contribution in [0.3, 0.4) is 0 Å². The number of aliphatic hydroxyl groups is 1. The summed E-state index contributed by atoms with van der Waals surface area (Å²) in [5.41, 5.74) is 1.87. The van der Waals surface area contributed by atoms with Crippen molar-refractivity contribution >= 4 is 46.1 Å². The molecule has 5 heterocycles. The van der Waals surface area contributed by atoms with Crippen LogP contribution in [-0.4, -0.2) is 68.4 Å². The first-order valence-corrected chi connectivity index (χ1v) is 20.8. The number of hydrogen-bond acceptors (Lipinski definition) is 9. The Morgan fingerprint density at radius 2 is 1.83 bits per heavy atom. The maximum Gasteiger partial charge on any atom is 0.415 e. The standard InChI is InChI=1S/C42H56IN3O8/c1-8-27-28-18-26(10-11-32(28)44-35-29(27)21-46-33(35)19-31-30(36(46)47)22-51-37(48)42(31,50)9-2)54-38(49)45-16-13-25(14-17-45)12-15-41(7,24-53-40(5,6)43)23-52-34-20-39(34,3)4/h10-11,18-19,25,27,29,34,50H,8-9,12-17,20-24H2,1-7H3/t27?,29?,34?,41?,42-/m1/s1. The van der Waals surface area contributed by atoms with Crippen LogP contribution in [0.2, 0.25) is 0 Å². The molecule has 54 heavy (non-hydrogen) atoms. The molecule has 1 aromatic heterocycles. The van der Waals surface area contributed by atoms with Crippen molar-refractivity contribution in [3.63, 3.8) is 0 Å². The minimum Gasteiger partial charge on any atom is -0.458 e. The Kier molecular flexibility index (Phi) is 10.7. The zero-order valence-corrected chi connectivity index (χ0v) is 35.0. The molecule has 11 nitrogen and oxygen atoms in total. The van der Waals surface area contributed by atoms with E-state index in [9.17, 15) is 19.5 Å². The van der Waals surface area contributed by atoms with Crippen LogP contribution in [-0.2, 0) is 37.8 Å². The maximum atomic E-state index is 13.7. The van der Waals surface area contributed by atoms with Crippen LogP contribution < -0.4 is 10.3 Å². The van der Waals surface area contributed by atoms with E-state index < -0.39 is 11.6 Å². The lowest BCUT2D eigenvalue weighted by Gasteiger charge is -2.36. The van der Waals surface area contributed by atoms with E-state index in [0.29, 0.717) is 67.4 Å². The van der Waals surface area contributed by atoms with Gasteiger partial charge in [0, 0.05) is 36.5 Å². The van der Waals surface area contributed by atoms with Gasteiger partial charge in [-0.3, -0.25) is 9.79 Å². The molecule has 1 saturated heterocycles. The number of pyridine rings is 1. The third kappa shape index (κ3) is 7.65. The molecule has 4 aliphatic heterocycles. The first-order valence-electron chi connectivity index (χ1n) is 19.8. The van der Waals surface area contributed by atoms with Gasteiger partial charge in [-0.2, -0.15) is 0 Å². The lowest BCUT2D eigenvalue weighted by molar-refractivity contribution is -0.172. The quantitative estimate of drug-likeness (QED) is 0.130. The molecule has 1 aromatic carbocycles. The minimum atomic E-state index is -1.86. The Balaban J connectivity index is 0.989. The average molecular weight is 858 g/mol. The molecule has 0 spiro atoms. The smallest absolute Gasteiger partial charge is 0.415 e. The summed E-state index contributed by atoms with van der Waals surface area (Å²) < 4.78 is 25.3. The summed E-state index contributed by atoms with van der Waals surface area (Å²) in [5, 5.41) is 11.2. The lowest BCUT2D eigenvalue weighted by Crippen LogP contribution is -2.44. The van der Waals surface area contributed by atoms with Gasteiger partial charge >= 0.3 is 12.1 Å². The largest absolute Gasteiger partial charge is 0.458 e. The van der Waals surface area contributed by atoms with E-state index in [1.807, 2.05) is 17.0 Å². The van der Waals surface area contributed by atoms with Crippen molar-refractivity contribution in [3.8, 4) is 5.75 Å². The number of nitrogens with zero attached hydrogens (tertiary/aromatic N) is 3. The Labute approximate surface area is 332 Å². The van der Waals surface area contributed by atoms with Crippen LogP contribution >= 0.6 is 22.6 Å². The number of carbonyl (C=O) groups excluding carboxylic acids is 2. The molecule has 2 aromatic rings. The number of amides is 1. The first kappa shape index (κ1) is 39.4. The van der Waals surface area contributed by atoms with Gasteiger partial charge in [0.05, 0.1) is 42.0 Å². The topological polar surface area (TPSA) is 129 Å². The number of ether oxygens (including phenoxy) is 4. The van der Waals surface area contributed by atoms with Gasteiger partial charge in [0.25, 0.3) is 5.56 Å². The molecular formula is C42H56IN3O8. The number of esters is 1. The summed E-state index contributed by atoms with van der Waals surface area (Å²) in [4.78, 5) is 46.6. The molecule has 1 N–H and O–H groups in total. The van der Waals surface area contributed by atoms with Gasteiger partial charge in [-0.15, -0.1) is 0 Å². The van der Waals surface area contributed by atoms with Crippen LogP contribution in [0.4, 0.5) is 10.5 Å². The van der Waals surface area contributed by atoms with E-state index in [1.54, 1.807) is 23.6 Å². The zero-order chi connectivity index (χ0) is 38.8. The second kappa shape index (κ2) is 14.6.